The first-order valence-electron chi connectivity index (χ1n) is 5.21. The van der Waals surface area contributed by atoms with Crippen LogP contribution in [0.1, 0.15) is 11.1 Å². The molecule has 0 atom stereocenters. The second kappa shape index (κ2) is 5.89. The summed E-state index contributed by atoms with van der Waals surface area (Å²) in [6.07, 6.45) is -0.565. The first kappa shape index (κ1) is 13.0. The van der Waals surface area contributed by atoms with Gasteiger partial charge in [0.1, 0.15) is 13.2 Å². The van der Waals surface area contributed by atoms with Crippen molar-refractivity contribution in [3.05, 3.63) is 35.4 Å². The molecule has 0 bridgehead atoms. The van der Waals surface area contributed by atoms with Crippen LogP contribution in [0.25, 0.3) is 0 Å². The number of rotatable bonds is 4. The van der Waals surface area contributed by atoms with E-state index < -0.39 is 12.0 Å². The smallest absolute Gasteiger partial charge is 0.410 e. The van der Waals surface area contributed by atoms with E-state index in [1.807, 2.05) is 31.2 Å². The molecule has 1 rings (SSSR count). The standard InChI is InChI=1S/C12H16N2O3/c1-9-3-5-10(6-4-9)8-17-12(16)14(2)7-11(13)15/h3-6H,7-8H2,1-2H3,(H2,13,15). The Morgan fingerprint density at radius 2 is 1.88 bits per heavy atom. The summed E-state index contributed by atoms with van der Waals surface area (Å²) in [6.45, 7) is 2.02. The van der Waals surface area contributed by atoms with Crippen molar-refractivity contribution >= 4 is 12.0 Å². The van der Waals surface area contributed by atoms with Gasteiger partial charge in [-0.3, -0.25) is 4.79 Å². The van der Waals surface area contributed by atoms with Crippen molar-refractivity contribution in [2.24, 2.45) is 5.73 Å². The maximum Gasteiger partial charge on any atom is 0.410 e. The van der Waals surface area contributed by atoms with E-state index in [1.54, 1.807) is 0 Å². The molecule has 0 heterocycles. The van der Waals surface area contributed by atoms with Crippen molar-refractivity contribution in [2.75, 3.05) is 13.6 Å². The Kier molecular flexibility index (Phi) is 4.51. The molecule has 0 unspecified atom stereocenters. The summed E-state index contributed by atoms with van der Waals surface area (Å²) in [5.74, 6) is -0.570. The number of nitrogens with two attached hydrogens (primary N) is 1. The molecule has 1 aromatic carbocycles. The molecule has 0 spiro atoms. The van der Waals surface area contributed by atoms with Crippen molar-refractivity contribution in [3.8, 4) is 0 Å². The molecule has 5 heteroatoms. The molecule has 2 N–H and O–H groups in total. The number of nitrogens with zero attached hydrogens (tertiary/aromatic N) is 1. The van der Waals surface area contributed by atoms with Crippen LogP contribution in [0.4, 0.5) is 4.79 Å². The van der Waals surface area contributed by atoms with E-state index in [-0.39, 0.29) is 13.2 Å². The maximum absolute atomic E-state index is 11.4. The molecule has 0 aliphatic carbocycles. The Morgan fingerprint density at radius 1 is 1.29 bits per heavy atom. The van der Waals surface area contributed by atoms with Crippen molar-refractivity contribution in [1.82, 2.24) is 4.90 Å². The predicted molar refractivity (Wildman–Crippen MR) is 63.2 cm³/mol. The molecule has 0 fully saturated rings. The molecule has 1 aromatic rings. The Morgan fingerprint density at radius 3 is 2.41 bits per heavy atom. The Bertz CT molecular complexity index is 401. The average Bonchev–Trinajstić information content (AvgIpc) is 2.27. The number of benzene rings is 1. The summed E-state index contributed by atoms with van der Waals surface area (Å²) in [7, 11) is 1.46. The summed E-state index contributed by atoms with van der Waals surface area (Å²) >= 11 is 0. The van der Waals surface area contributed by atoms with Gasteiger partial charge in [0.25, 0.3) is 0 Å². The SMILES string of the molecule is Cc1ccc(COC(=O)N(C)CC(N)=O)cc1. The lowest BCUT2D eigenvalue weighted by Crippen LogP contribution is -2.35. The first-order valence-corrected chi connectivity index (χ1v) is 5.21. The van der Waals surface area contributed by atoms with Gasteiger partial charge in [0.05, 0.1) is 0 Å². The van der Waals surface area contributed by atoms with Gasteiger partial charge in [0.15, 0.2) is 0 Å². The Balaban J connectivity index is 2.42. The number of likely N-dealkylation sites (N-methyl/N-ethyl adjacent to an activating group) is 1. The topological polar surface area (TPSA) is 72.6 Å². The molecule has 17 heavy (non-hydrogen) atoms. The molecule has 0 aliphatic heterocycles. The predicted octanol–water partition coefficient (Wildman–Crippen LogP) is 1.05. The summed E-state index contributed by atoms with van der Waals surface area (Å²) in [4.78, 5) is 23.1. The highest BCUT2D eigenvalue weighted by Gasteiger charge is 2.11. The van der Waals surface area contributed by atoms with E-state index >= 15 is 0 Å². The van der Waals surface area contributed by atoms with E-state index in [0.29, 0.717) is 0 Å². The summed E-state index contributed by atoms with van der Waals surface area (Å²) in [6, 6.07) is 7.65. The zero-order valence-electron chi connectivity index (χ0n) is 9.97. The van der Waals surface area contributed by atoms with Gasteiger partial charge in [-0.25, -0.2) is 4.79 Å². The third kappa shape index (κ3) is 4.55. The van der Waals surface area contributed by atoms with Crippen LogP contribution in [0.5, 0.6) is 0 Å². The van der Waals surface area contributed by atoms with Crippen LogP contribution < -0.4 is 5.73 Å². The molecular formula is C12H16N2O3. The number of hydrogen-bond acceptors (Lipinski definition) is 3. The van der Waals surface area contributed by atoms with E-state index in [1.165, 1.54) is 7.05 Å². The van der Waals surface area contributed by atoms with E-state index in [9.17, 15) is 9.59 Å². The van der Waals surface area contributed by atoms with Crippen LogP contribution in [0, 0.1) is 6.92 Å². The highest BCUT2D eigenvalue weighted by atomic mass is 16.6. The lowest BCUT2D eigenvalue weighted by molar-refractivity contribution is -0.118. The number of carbonyl (C=O) groups excluding carboxylic acids is 2. The van der Waals surface area contributed by atoms with Crippen LogP contribution in [0.2, 0.25) is 0 Å². The van der Waals surface area contributed by atoms with Crippen LogP contribution in [-0.4, -0.2) is 30.5 Å². The number of ether oxygens (including phenoxy) is 1. The quantitative estimate of drug-likeness (QED) is 0.849. The van der Waals surface area contributed by atoms with Gasteiger partial charge in [-0.1, -0.05) is 29.8 Å². The largest absolute Gasteiger partial charge is 0.445 e. The van der Waals surface area contributed by atoms with E-state index in [2.05, 4.69) is 0 Å². The van der Waals surface area contributed by atoms with Crippen LogP contribution in [-0.2, 0) is 16.1 Å². The Hall–Kier alpha value is -2.04. The fraction of sp³-hybridized carbons (Fsp3) is 0.333. The third-order valence-electron chi connectivity index (χ3n) is 2.19. The molecule has 2 amide bonds. The van der Waals surface area contributed by atoms with E-state index in [0.717, 1.165) is 16.0 Å². The van der Waals surface area contributed by atoms with Crippen molar-refractivity contribution in [1.29, 1.82) is 0 Å². The third-order valence-corrected chi connectivity index (χ3v) is 2.19. The summed E-state index contributed by atoms with van der Waals surface area (Å²) in [5, 5.41) is 0. The lowest BCUT2D eigenvalue weighted by Gasteiger charge is -2.14. The highest BCUT2D eigenvalue weighted by Crippen LogP contribution is 2.05. The number of aryl methyl sites for hydroxylation is 1. The molecule has 92 valence electrons. The minimum Gasteiger partial charge on any atom is -0.445 e. The Labute approximate surface area is 100 Å². The fourth-order valence-corrected chi connectivity index (χ4v) is 1.24. The highest BCUT2D eigenvalue weighted by molar-refractivity contribution is 5.80. The van der Waals surface area contributed by atoms with Gasteiger partial charge in [-0.05, 0) is 12.5 Å². The molecule has 0 aromatic heterocycles. The molecule has 0 radical (unpaired) electrons. The molecule has 0 saturated heterocycles. The van der Waals surface area contributed by atoms with Gasteiger partial charge >= 0.3 is 6.09 Å². The monoisotopic (exact) mass is 236 g/mol. The lowest BCUT2D eigenvalue weighted by atomic mass is 10.2. The van der Waals surface area contributed by atoms with Crippen LogP contribution >= 0.6 is 0 Å². The maximum atomic E-state index is 11.4. The zero-order chi connectivity index (χ0) is 12.8. The minimum atomic E-state index is -0.570. The van der Waals surface area contributed by atoms with Gasteiger partial charge < -0.3 is 15.4 Å². The molecular weight excluding hydrogens is 220 g/mol. The number of amides is 2. The van der Waals surface area contributed by atoms with E-state index in [4.69, 9.17) is 10.5 Å². The normalized spacial score (nSPS) is 9.76. The van der Waals surface area contributed by atoms with Gasteiger partial charge in [0.2, 0.25) is 5.91 Å². The second-order valence-corrected chi connectivity index (χ2v) is 3.86. The average molecular weight is 236 g/mol. The number of hydrogen-bond donors (Lipinski definition) is 1. The summed E-state index contributed by atoms with van der Waals surface area (Å²) < 4.78 is 5.01. The number of carbonyl (C=O) groups is 2. The zero-order valence-corrected chi connectivity index (χ0v) is 9.97. The van der Waals surface area contributed by atoms with Crippen LogP contribution in [0.15, 0.2) is 24.3 Å². The van der Waals surface area contributed by atoms with Gasteiger partial charge in [-0.2, -0.15) is 0 Å². The minimum absolute atomic E-state index is 0.146. The number of primary amides is 1. The van der Waals surface area contributed by atoms with Gasteiger partial charge in [-0.15, -0.1) is 0 Å². The summed E-state index contributed by atoms with van der Waals surface area (Å²) in [5.41, 5.74) is 7.01. The van der Waals surface area contributed by atoms with Crippen molar-refractivity contribution in [2.45, 2.75) is 13.5 Å². The fourth-order valence-electron chi connectivity index (χ4n) is 1.24. The van der Waals surface area contributed by atoms with Crippen molar-refractivity contribution in [3.63, 3.8) is 0 Å². The first-order chi connectivity index (χ1) is 7.99. The molecule has 0 saturated carbocycles. The van der Waals surface area contributed by atoms with Gasteiger partial charge in [0, 0.05) is 7.05 Å². The van der Waals surface area contributed by atoms with Crippen molar-refractivity contribution < 1.29 is 14.3 Å². The molecule has 0 aliphatic rings. The molecule has 5 nitrogen and oxygen atoms in total. The second-order valence-electron chi connectivity index (χ2n) is 3.86. The van der Waals surface area contributed by atoms with Crippen LogP contribution in [0.3, 0.4) is 0 Å².